The second kappa shape index (κ2) is 3.10. The summed E-state index contributed by atoms with van der Waals surface area (Å²) in [6, 6.07) is 0. The summed E-state index contributed by atoms with van der Waals surface area (Å²) < 4.78 is 16.0. The van der Waals surface area contributed by atoms with Gasteiger partial charge in [0.1, 0.15) is 5.82 Å². The fourth-order valence-corrected chi connectivity index (χ4v) is 1.86. The lowest BCUT2D eigenvalue weighted by atomic mass is 9.95. The molecule has 1 fully saturated rings. The highest BCUT2D eigenvalue weighted by Crippen LogP contribution is 2.30. The molecular weight excluding hydrogens is 169 g/mol. The van der Waals surface area contributed by atoms with Gasteiger partial charge in [0.25, 0.3) is 0 Å². The Hall–Kier alpha value is -0.900. The van der Waals surface area contributed by atoms with E-state index in [0.717, 1.165) is 13.0 Å². The summed E-state index contributed by atoms with van der Waals surface area (Å²) in [5.74, 6) is 0.541. The van der Waals surface area contributed by atoms with Crippen molar-refractivity contribution < 1.29 is 4.39 Å². The zero-order chi connectivity index (χ0) is 9.31. The van der Waals surface area contributed by atoms with Crippen LogP contribution in [0.25, 0.3) is 0 Å². The van der Waals surface area contributed by atoms with Gasteiger partial charge in [-0.15, -0.1) is 0 Å². The number of halogens is 1. The highest BCUT2D eigenvalue weighted by molar-refractivity contribution is 5.07. The van der Waals surface area contributed by atoms with E-state index in [1.54, 1.807) is 17.0 Å². The lowest BCUT2D eigenvalue weighted by Gasteiger charge is -2.29. The predicted octanol–water partition coefficient (Wildman–Crippen LogP) is 0.968. The average Bonchev–Trinajstić information content (AvgIpc) is 2.53. The first-order chi connectivity index (χ1) is 6.22. The van der Waals surface area contributed by atoms with E-state index < -0.39 is 5.67 Å². The van der Waals surface area contributed by atoms with Crippen LogP contribution >= 0.6 is 0 Å². The number of aryl methyl sites for hydroxylation is 1. The van der Waals surface area contributed by atoms with Crippen LogP contribution in [0, 0.1) is 0 Å². The van der Waals surface area contributed by atoms with Crippen molar-refractivity contribution in [2.75, 3.05) is 13.1 Å². The van der Waals surface area contributed by atoms with E-state index in [4.69, 9.17) is 0 Å². The molecule has 72 valence electrons. The van der Waals surface area contributed by atoms with E-state index in [2.05, 4.69) is 10.3 Å². The van der Waals surface area contributed by atoms with E-state index >= 15 is 0 Å². The third kappa shape index (κ3) is 1.46. The smallest absolute Gasteiger partial charge is 0.180 e. The van der Waals surface area contributed by atoms with Gasteiger partial charge in [-0.05, 0) is 19.4 Å². The third-order valence-corrected chi connectivity index (χ3v) is 2.55. The Balaban J connectivity index is 2.27. The molecule has 0 amide bonds. The normalized spacial score (nSPS) is 29.1. The molecule has 0 aromatic carbocycles. The van der Waals surface area contributed by atoms with Gasteiger partial charge in [0, 0.05) is 26.0 Å². The number of piperidine rings is 1. The molecule has 1 atom stereocenters. The molecule has 1 unspecified atom stereocenters. The lowest BCUT2D eigenvalue weighted by molar-refractivity contribution is 0.107. The lowest BCUT2D eigenvalue weighted by Crippen LogP contribution is -2.41. The predicted molar refractivity (Wildman–Crippen MR) is 48.1 cm³/mol. The molecule has 0 bridgehead atoms. The summed E-state index contributed by atoms with van der Waals surface area (Å²) in [5, 5.41) is 3.06. The number of nitrogens with one attached hydrogen (secondary N) is 1. The maximum absolute atomic E-state index is 14.3. The van der Waals surface area contributed by atoms with E-state index in [1.165, 1.54) is 0 Å². The van der Waals surface area contributed by atoms with Gasteiger partial charge in [-0.25, -0.2) is 9.37 Å². The highest BCUT2D eigenvalue weighted by Gasteiger charge is 2.37. The zero-order valence-corrected chi connectivity index (χ0v) is 7.76. The number of aromatic nitrogens is 2. The van der Waals surface area contributed by atoms with Crippen LogP contribution in [0.3, 0.4) is 0 Å². The van der Waals surface area contributed by atoms with Crippen molar-refractivity contribution in [1.82, 2.24) is 14.9 Å². The summed E-state index contributed by atoms with van der Waals surface area (Å²) in [5.41, 5.74) is -1.27. The molecule has 1 aromatic rings. The van der Waals surface area contributed by atoms with Crippen LogP contribution in [-0.4, -0.2) is 22.6 Å². The second-order valence-electron chi connectivity index (χ2n) is 3.61. The summed E-state index contributed by atoms with van der Waals surface area (Å²) in [6.45, 7) is 1.30. The number of nitrogens with zero attached hydrogens (tertiary/aromatic N) is 2. The molecule has 0 spiro atoms. The van der Waals surface area contributed by atoms with Crippen LogP contribution in [0.5, 0.6) is 0 Å². The van der Waals surface area contributed by atoms with Crippen molar-refractivity contribution >= 4 is 0 Å². The topological polar surface area (TPSA) is 29.9 Å². The van der Waals surface area contributed by atoms with Crippen LogP contribution in [0.4, 0.5) is 4.39 Å². The molecule has 0 aliphatic carbocycles. The fraction of sp³-hybridized carbons (Fsp3) is 0.667. The molecule has 1 saturated heterocycles. The Bertz CT molecular complexity index is 289. The number of imidazole rings is 1. The molecule has 2 heterocycles. The van der Waals surface area contributed by atoms with Crippen LogP contribution in [0.1, 0.15) is 18.7 Å². The van der Waals surface area contributed by atoms with E-state index in [9.17, 15) is 4.39 Å². The Labute approximate surface area is 77.0 Å². The van der Waals surface area contributed by atoms with E-state index in [1.807, 2.05) is 7.05 Å². The van der Waals surface area contributed by atoms with Crippen molar-refractivity contribution in [2.45, 2.75) is 18.5 Å². The average molecular weight is 183 g/mol. The van der Waals surface area contributed by atoms with Gasteiger partial charge in [-0.2, -0.15) is 0 Å². The fourth-order valence-electron chi connectivity index (χ4n) is 1.86. The zero-order valence-electron chi connectivity index (χ0n) is 7.76. The van der Waals surface area contributed by atoms with Crippen LogP contribution in [0.15, 0.2) is 12.4 Å². The van der Waals surface area contributed by atoms with Gasteiger partial charge in [-0.3, -0.25) is 0 Å². The van der Waals surface area contributed by atoms with Crippen LogP contribution in [0.2, 0.25) is 0 Å². The number of hydrogen-bond donors (Lipinski definition) is 1. The Morgan fingerprint density at radius 2 is 2.54 bits per heavy atom. The molecule has 3 nitrogen and oxygen atoms in total. The number of rotatable bonds is 1. The molecule has 1 aromatic heterocycles. The van der Waals surface area contributed by atoms with E-state index in [0.29, 0.717) is 18.8 Å². The van der Waals surface area contributed by atoms with Crippen molar-refractivity contribution in [3.05, 3.63) is 18.2 Å². The summed E-state index contributed by atoms with van der Waals surface area (Å²) >= 11 is 0. The number of alkyl halides is 1. The molecule has 0 saturated carbocycles. The van der Waals surface area contributed by atoms with Gasteiger partial charge < -0.3 is 9.88 Å². The standard InChI is InChI=1S/C9H14FN3/c1-13-6-5-12-8(13)9(10)3-2-4-11-7-9/h5-6,11H,2-4,7H2,1H3. The third-order valence-electron chi connectivity index (χ3n) is 2.55. The summed E-state index contributed by atoms with van der Waals surface area (Å²) in [4.78, 5) is 4.06. The summed E-state index contributed by atoms with van der Waals surface area (Å²) in [6.07, 6.45) is 4.88. The minimum atomic E-state index is -1.27. The molecule has 4 heteroatoms. The van der Waals surface area contributed by atoms with Gasteiger partial charge >= 0.3 is 0 Å². The molecule has 13 heavy (non-hydrogen) atoms. The minimum absolute atomic E-state index is 0.387. The quantitative estimate of drug-likeness (QED) is 0.703. The molecule has 1 aliphatic heterocycles. The monoisotopic (exact) mass is 183 g/mol. The van der Waals surface area contributed by atoms with Crippen molar-refractivity contribution in [1.29, 1.82) is 0 Å². The molecule has 1 aliphatic rings. The highest BCUT2D eigenvalue weighted by atomic mass is 19.1. The Morgan fingerprint density at radius 1 is 1.69 bits per heavy atom. The number of hydrogen-bond acceptors (Lipinski definition) is 2. The van der Waals surface area contributed by atoms with E-state index in [-0.39, 0.29) is 0 Å². The van der Waals surface area contributed by atoms with Gasteiger partial charge in [0.2, 0.25) is 0 Å². The second-order valence-corrected chi connectivity index (χ2v) is 3.61. The Morgan fingerprint density at radius 3 is 3.08 bits per heavy atom. The van der Waals surface area contributed by atoms with Gasteiger partial charge in [0.05, 0.1) is 0 Å². The maximum atomic E-state index is 14.3. The van der Waals surface area contributed by atoms with Crippen LogP contribution < -0.4 is 5.32 Å². The first kappa shape index (κ1) is 8.69. The summed E-state index contributed by atoms with van der Waals surface area (Å²) in [7, 11) is 1.83. The van der Waals surface area contributed by atoms with Gasteiger partial charge in [0.15, 0.2) is 5.67 Å². The first-order valence-corrected chi connectivity index (χ1v) is 4.60. The van der Waals surface area contributed by atoms with Gasteiger partial charge in [-0.1, -0.05) is 0 Å². The molecule has 1 N–H and O–H groups in total. The van der Waals surface area contributed by atoms with Crippen molar-refractivity contribution in [3.63, 3.8) is 0 Å². The van der Waals surface area contributed by atoms with Crippen molar-refractivity contribution in [3.8, 4) is 0 Å². The maximum Gasteiger partial charge on any atom is 0.180 e. The largest absolute Gasteiger partial charge is 0.335 e. The molecule has 2 rings (SSSR count). The van der Waals surface area contributed by atoms with Crippen LogP contribution in [-0.2, 0) is 12.7 Å². The molecule has 0 radical (unpaired) electrons. The van der Waals surface area contributed by atoms with Crippen molar-refractivity contribution in [2.24, 2.45) is 7.05 Å². The minimum Gasteiger partial charge on any atom is -0.335 e. The first-order valence-electron chi connectivity index (χ1n) is 4.60. The Kier molecular flexibility index (Phi) is 2.07. The molecular formula is C9H14FN3. The SMILES string of the molecule is Cn1ccnc1C1(F)CCCNC1.